The third-order valence-electron chi connectivity index (χ3n) is 1.93. The molecule has 0 aliphatic heterocycles. The molecule has 0 unspecified atom stereocenters. The van der Waals surface area contributed by atoms with Crippen molar-refractivity contribution >= 4 is 21.6 Å². The van der Waals surface area contributed by atoms with Crippen LogP contribution in [0.1, 0.15) is 5.82 Å². The summed E-state index contributed by atoms with van der Waals surface area (Å²) in [6, 6.07) is 5.84. The summed E-state index contributed by atoms with van der Waals surface area (Å²) in [7, 11) is -3.58. The largest absolute Gasteiger partial charge is 0.240 e. The number of hydrogen-bond acceptors (Lipinski definition) is 5. The number of aromatic amines is 1. The minimum absolute atomic E-state index is 0.0263. The molecule has 2 rings (SSSR count). The van der Waals surface area contributed by atoms with Gasteiger partial charge in [-0.15, -0.1) is 10.2 Å². The Morgan fingerprint density at radius 3 is 2.59 bits per heavy atom. The van der Waals surface area contributed by atoms with Crippen LogP contribution in [0.4, 0.5) is 0 Å². The lowest BCUT2D eigenvalue weighted by Gasteiger charge is -2.04. The fourth-order valence-corrected chi connectivity index (χ4v) is 2.22. The normalized spacial score (nSPS) is 11.6. The van der Waals surface area contributed by atoms with E-state index in [-0.39, 0.29) is 17.3 Å². The summed E-state index contributed by atoms with van der Waals surface area (Å²) in [6.45, 7) is -0.0263. The molecule has 1 heterocycles. The lowest BCUT2D eigenvalue weighted by atomic mass is 10.4. The summed E-state index contributed by atoms with van der Waals surface area (Å²) >= 11 is 5.67. The van der Waals surface area contributed by atoms with Crippen molar-refractivity contribution in [2.75, 3.05) is 0 Å². The fourth-order valence-electron chi connectivity index (χ4n) is 1.11. The molecule has 0 bridgehead atoms. The smallest absolute Gasteiger partial charge is 0.207 e. The van der Waals surface area contributed by atoms with Crippen molar-refractivity contribution in [2.45, 2.75) is 11.4 Å². The number of aromatic nitrogens is 4. The van der Waals surface area contributed by atoms with E-state index in [1.54, 1.807) is 0 Å². The first-order valence-electron chi connectivity index (χ1n) is 4.55. The van der Waals surface area contributed by atoms with Crippen molar-refractivity contribution in [3.05, 3.63) is 35.1 Å². The average Bonchev–Trinajstić information content (AvgIpc) is 2.80. The second-order valence-electron chi connectivity index (χ2n) is 3.11. The number of tetrazole rings is 1. The first kappa shape index (κ1) is 12.0. The molecule has 17 heavy (non-hydrogen) atoms. The van der Waals surface area contributed by atoms with Gasteiger partial charge in [0, 0.05) is 5.02 Å². The lowest BCUT2D eigenvalue weighted by Crippen LogP contribution is -2.23. The van der Waals surface area contributed by atoms with Crippen molar-refractivity contribution in [1.29, 1.82) is 0 Å². The number of nitrogens with one attached hydrogen (secondary N) is 2. The number of rotatable bonds is 4. The van der Waals surface area contributed by atoms with Crippen molar-refractivity contribution in [3.8, 4) is 0 Å². The Hall–Kier alpha value is -1.51. The fraction of sp³-hybridized carbons (Fsp3) is 0.125. The molecule has 2 N–H and O–H groups in total. The van der Waals surface area contributed by atoms with E-state index in [4.69, 9.17) is 11.6 Å². The highest BCUT2D eigenvalue weighted by atomic mass is 35.5. The highest BCUT2D eigenvalue weighted by Gasteiger charge is 2.14. The SMILES string of the molecule is O=S(=O)(NCc1nn[nH]n1)c1ccc(Cl)cc1. The molecule has 0 radical (unpaired) electrons. The van der Waals surface area contributed by atoms with Gasteiger partial charge in [0.1, 0.15) is 0 Å². The Balaban J connectivity index is 2.11. The van der Waals surface area contributed by atoms with Gasteiger partial charge in [-0.05, 0) is 24.3 Å². The predicted molar refractivity (Wildman–Crippen MR) is 59.7 cm³/mol. The maximum atomic E-state index is 11.8. The predicted octanol–water partition coefficient (Wildman–Crippen LogP) is 0.332. The number of nitrogens with zero attached hydrogens (tertiary/aromatic N) is 3. The van der Waals surface area contributed by atoms with Crippen LogP contribution in [0.15, 0.2) is 29.2 Å². The summed E-state index contributed by atoms with van der Waals surface area (Å²) in [5.41, 5.74) is 0. The van der Waals surface area contributed by atoms with Gasteiger partial charge in [0.25, 0.3) is 0 Å². The van der Waals surface area contributed by atoms with E-state index in [2.05, 4.69) is 25.3 Å². The van der Waals surface area contributed by atoms with Gasteiger partial charge in [-0.1, -0.05) is 16.8 Å². The standard InChI is InChI=1S/C8H8ClN5O2S/c9-6-1-3-7(4-2-6)17(15,16)10-5-8-11-13-14-12-8/h1-4,10H,5H2,(H,11,12,13,14). The number of hydrogen-bond donors (Lipinski definition) is 2. The zero-order chi connectivity index (χ0) is 12.3. The molecule has 0 saturated heterocycles. The number of sulfonamides is 1. The third-order valence-corrected chi connectivity index (χ3v) is 3.60. The van der Waals surface area contributed by atoms with E-state index in [1.165, 1.54) is 24.3 Å². The minimum atomic E-state index is -3.58. The summed E-state index contributed by atoms with van der Waals surface area (Å²) in [6.07, 6.45) is 0. The summed E-state index contributed by atoms with van der Waals surface area (Å²) in [4.78, 5) is 0.130. The number of benzene rings is 1. The topological polar surface area (TPSA) is 101 Å². The van der Waals surface area contributed by atoms with Crippen LogP contribution < -0.4 is 4.72 Å². The summed E-state index contributed by atoms with van der Waals surface area (Å²) in [5, 5.41) is 13.3. The Kier molecular flexibility index (Phi) is 3.36. The van der Waals surface area contributed by atoms with Gasteiger partial charge in [0.2, 0.25) is 10.0 Å². The zero-order valence-electron chi connectivity index (χ0n) is 8.46. The molecule has 0 amide bonds. The van der Waals surface area contributed by atoms with Crippen molar-refractivity contribution in [3.63, 3.8) is 0 Å². The van der Waals surface area contributed by atoms with Crippen LogP contribution in [-0.2, 0) is 16.6 Å². The van der Waals surface area contributed by atoms with Crippen molar-refractivity contribution < 1.29 is 8.42 Å². The van der Waals surface area contributed by atoms with E-state index < -0.39 is 10.0 Å². The zero-order valence-corrected chi connectivity index (χ0v) is 10.0. The summed E-state index contributed by atoms with van der Waals surface area (Å²) < 4.78 is 25.9. The number of H-pyrrole nitrogens is 1. The highest BCUT2D eigenvalue weighted by molar-refractivity contribution is 7.89. The first-order chi connectivity index (χ1) is 8.08. The Labute approximate surface area is 102 Å². The lowest BCUT2D eigenvalue weighted by molar-refractivity contribution is 0.579. The monoisotopic (exact) mass is 273 g/mol. The second kappa shape index (κ2) is 4.78. The molecule has 1 aromatic heterocycles. The van der Waals surface area contributed by atoms with Gasteiger partial charge < -0.3 is 0 Å². The van der Waals surface area contributed by atoms with Crippen LogP contribution in [0.2, 0.25) is 5.02 Å². The van der Waals surface area contributed by atoms with Gasteiger partial charge in [-0.2, -0.15) is 5.21 Å². The maximum Gasteiger partial charge on any atom is 0.240 e. The Bertz CT molecular complexity index is 581. The van der Waals surface area contributed by atoms with E-state index >= 15 is 0 Å². The van der Waals surface area contributed by atoms with Crippen LogP contribution in [0, 0.1) is 0 Å². The van der Waals surface area contributed by atoms with Crippen LogP contribution in [0.5, 0.6) is 0 Å². The van der Waals surface area contributed by atoms with Crippen LogP contribution in [0.25, 0.3) is 0 Å². The second-order valence-corrected chi connectivity index (χ2v) is 5.31. The van der Waals surface area contributed by atoms with Crippen molar-refractivity contribution in [2.24, 2.45) is 0 Å². The average molecular weight is 274 g/mol. The minimum Gasteiger partial charge on any atom is -0.207 e. The molecule has 9 heteroatoms. The maximum absolute atomic E-state index is 11.8. The quantitative estimate of drug-likeness (QED) is 0.836. The highest BCUT2D eigenvalue weighted by Crippen LogP contribution is 2.13. The molecule has 7 nitrogen and oxygen atoms in total. The molecular formula is C8H8ClN5O2S. The first-order valence-corrected chi connectivity index (χ1v) is 6.41. The molecule has 0 aliphatic rings. The van der Waals surface area contributed by atoms with Gasteiger partial charge in [-0.3, -0.25) is 0 Å². The van der Waals surface area contributed by atoms with Gasteiger partial charge in [-0.25, -0.2) is 13.1 Å². The Morgan fingerprint density at radius 2 is 2.00 bits per heavy atom. The third kappa shape index (κ3) is 2.99. The summed E-state index contributed by atoms with van der Waals surface area (Å²) in [5.74, 6) is 0.266. The van der Waals surface area contributed by atoms with Gasteiger partial charge in [0.05, 0.1) is 11.4 Å². The molecular weight excluding hydrogens is 266 g/mol. The van der Waals surface area contributed by atoms with Crippen molar-refractivity contribution in [1.82, 2.24) is 25.3 Å². The molecule has 0 aliphatic carbocycles. The van der Waals surface area contributed by atoms with Crippen LogP contribution >= 0.6 is 11.6 Å². The molecule has 1 aromatic carbocycles. The Morgan fingerprint density at radius 1 is 1.29 bits per heavy atom. The van der Waals surface area contributed by atoms with Crippen LogP contribution in [0.3, 0.4) is 0 Å². The van der Waals surface area contributed by atoms with E-state index in [0.29, 0.717) is 5.02 Å². The van der Waals surface area contributed by atoms with Crippen LogP contribution in [-0.4, -0.2) is 29.0 Å². The molecule has 0 saturated carbocycles. The molecule has 0 atom stereocenters. The van der Waals surface area contributed by atoms with E-state index in [0.717, 1.165) is 0 Å². The van der Waals surface area contributed by atoms with E-state index in [1.807, 2.05) is 0 Å². The molecule has 2 aromatic rings. The molecule has 0 fully saturated rings. The number of halogens is 1. The van der Waals surface area contributed by atoms with Gasteiger partial charge >= 0.3 is 0 Å². The molecule has 0 spiro atoms. The molecule has 90 valence electrons. The van der Waals surface area contributed by atoms with Gasteiger partial charge in [0.15, 0.2) is 5.82 Å². The van der Waals surface area contributed by atoms with E-state index in [9.17, 15) is 8.42 Å².